The van der Waals surface area contributed by atoms with Crippen LogP contribution in [0.5, 0.6) is 0 Å². The van der Waals surface area contributed by atoms with Crippen LogP contribution in [0.4, 0.5) is 17.3 Å². The highest BCUT2D eigenvalue weighted by molar-refractivity contribution is 8.00. The van der Waals surface area contributed by atoms with E-state index in [1.54, 1.807) is 13.0 Å². The molecule has 1 aromatic carbocycles. The lowest BCUT2D eigenvalue weighted by Gasteiger charge is -2.08. The third-order valence-corrected chi connectivity index (χ3v) is 3.91. The molecule has 1 heterocycles. The van der Waals surface area contributed by atoms with E-state index in [0.717, 1.165) is 11.8 Å². The highest BCUT2D eigenvalue weighted by atomic mass is 32.2. The van der Waals surface area contributed by atoms with E-state index in [4.69, 9.17) is 0 Å². The van der Waals surface area contributed by atoms with Gasteiger partial charge >= 0.3 is 0 Å². The molecule has 0 bridgehead atoms. The molecule has 2 N–H and O–H groups in total. The molecule has 25 heavy (non-hydrogen) atoms. The minimum atomic E-state index is -0.497. The number of rotatable bonds is 7. The molecule has 0 fully saturated rings. The van der Waals surface area contributed by atoms with Crippen LogP contribution in [0.2, 0.25) is 0 Å². The van der Waals surface area contributed by atoms with Crippen molar-refractivity contribution in [3.05, 3.63) is 52.3 Å². The molecule has 1 aromatic heterocycles. The molecule has 2 rings (SSSR count). The first-order chi connectivity index (χ1) is 12.0. The fraction of sp³-hybridized carbons (Fsp3) is 0.200. The van der Waals surface area contributed by atoms with Crippen LogP contribution in [-0.2, 0) is 9.59 Å². The van der Waals surface area contributed by atoms with E-state index < -0.39 is 4.92 Å². The second kappa shape index (κ2) is 8.73. The summed E-state index contributed by atoms with van der Waals surface area (Å²) in [6.07, 6.45) is 3.02. The molecule has 9 nitrogen and oxygen atoms in total. The van der Waals surface area contributed by atoms with Gasteiger partial charge in [-0.15, -0.1) is 11.8 Å². The highest BCUT2D eigenvalue weighted by Crippen LogP contribution is 2.21. The number of anilines is 2. The molecule has 0 aliphatic heterocycles. The topological polar surface area (TPSA) is 127 Å². The van der Waals surface area contributed by atoms with Crippen LogP contribution in [0.3, 0.4) is 0 Å². The Kier molecular flexibility index (Phi) is 6.40. The first-order valence-electron chi connectivity index (χ1n) is 7.15. The lowest BCUT2D eigenvalue weighted by Crippen LogP contribution is -2.19. The number of carbonyl (C=O) groups is 2. The summed E-state index contributed by atoms with van der Waals surface area (Å²) in [6.45, 7) is 1.67. The minimum absolute atomic E-state index is 0.0373. The quantitative estimate of drug-likeness (QED) is 0.570. The van der Waals surface area contributed by atoms with Crippen molar-refractivity contribution in [3.8, 4) is 0 Å². The van der Waals surface area contributed by atoms with Gasteiger partial charge in [0.15, 0.2) is 0 Å². The number of nitro groups is 1. The van der Waals surface area contributed by atoms with Gasteiger partial charge in [0.25, 0.3) is 5.69 Å². The number of aromatic nitrogens is 2. The van der Waals surface area contributed by atoms with Gasteiger partial charge in [0.1, 0.15) is 0 Å². The summed E-state index contributed by atoms with van der Waals surface area (Å²) in [5.41, 5.74) is 1.05. The van der Waals surface area contributed by atoms with Crippen molar-refractivity contribution >= 4 is 40.9 Å². The number of aryl methyl sites for hydroxylation is 1. The highest BCUT2D eigenvalue weighted by Gasteiger charge is 2.11. The Balaban J connectivity index is 1.77. The summed E-state index contributed by atoms with van der Waals surface area (Å²) in [5, 5.41) is 15.9. The van der Waals surface area contributed by atoms with E-state index in [-0.39, 0.29) is 35.0 Å². The fourth-order valence-electron chi connectivity index (χ4n) is 1.85. The van der Waals surface area contributed by atoms with Gasteiger partial charge in [0.05, 0.1) is 16.4 Å². The van der Waals surface area contributed by atoms with Crippen LogP contribution in [0.1, 0.15) is 5.56 Å². The lowest BCUT2D eigenvalue weighted by atomic mass is 10.2. The maximum atomic E-state index is 11.9. The van der Waals surface area contributed by atoms with Crippen molar-refractivity contribution in [2.75, 3.05) is 22.1 Å². The summed E-state index contributed by atoms with van der Waals surface area (Å²) in [4.78, 5) is 41.5. The summed E-state index contributed by atoms with van der Waals surface area (Å²) in [7, 11) is 0. The van der Waals surface area contributed by atoms with Gasteiger partial charge in [0.2, 0.25) is 17.8 Å². The number of thioether (sulfide) groups is 1. The second-order valence-corrected chi connectivity index (χ2v) is 5.90. The second-order valence-electron chi connectivity index (χ2n) is 4.92. The van der Waals surface area contributed by atoms with Crippen LogP contribution in [0, 0.1) is 17.0 Å². The lowest BCUT2D eigenvalue weighted by molar-refractivity contribution is -0.384. The fourth-order valence-corrected chi connectivity index (χ4v) is 2.47. The van der Waals surface area contributed by atoms with E-state index >= 15 is 0 Å². The SMILES string of the molecule is Cc1cc([N+](=O)[O-])ccc1NC(=O)CSCC(=O)Nc1ncccn1. The number of carbonyl (C=O) groups excluding carboxylic acids is 2. The van der Waals surface area contributed by atoms with Gasteiger partial charge in [-0.25, -0.2) is 9.97 Å². The molecule has 10 heteroatoms. The summed E-state index contributed by atoms with van der Waals surface area (Å²) in [5.74, 6) is -0.259. The maximum absolute atomic E-state index is 11.9. The Labute approximate surface area is 147 Å². The maximum Gasteiger partial charge on any atom is 0.269 e. The number of amides is 2. The first kappa shape index (κ1) is 18.3. The van der Waals surface area contributed by atoms with Crippen molar-refractivity contribution < 1.29 is 14.5 Å². The number of non-ortho nitro benzene ring substituents is 1. The first-order valence-corrected chi connectivity index (χ1v) is 8.30. The molecule has 0 unspecified atom stereocenters. The number of nitrogens with one attached hydrogen (secondary N) is 2. The van der Waals surface area contributed by atoms with Gasteiger partial charge in [-0.1, -0.05) is 0 Å². The molecule has 0 atom stereocenters. The molecule has 0 spiro atoms. The molecule has 130 valence electrons. The molecular formula is C15H15N5O4S. The van der Waals surface area contributed by atoms with Crippen molar-refractivity contribution in [1.82, 2.24) is 9.97 Å². The number of hydrogen-bond acceptors (Lipinski definition) is 7. The van der Waals surface area contributed by atoms with Crippen LogP contribution in [-0.4, -0.2) is 38.2 Å². The predicted octanol–water partition coefficient (Wildman–Crippen LogP) is 2.00. The van der Waals surface area contributed by atoms with Crippen molar-refractivity contribution in [2.24, 2.45) is 0 Å². The zero-order valence-corrected chi connectivity index (χ0v) is 14.1. The molecule has 0 radical (unpaired) electrons. The van der Waals surface area contributed by atoms with Crippen LogP contribution in [0.25, 0.3) is 0 Å². The number of benzene rings is 1. The van der Waals surface area contributed by atoms with Crippen LogP contribution < -0.4 is 10.6 Å². The Hall–Kier alpha value is -3.01. The van der Waals surface area contributed by atoms with Crippen LogP contribution >= 0.6 is 11.8 Å². The largest absolute Gasteiger partial charge is 0.325 e. The monoisotopic (exact) mass is 361 g/mol. The summed E-state index contributed by atoms with van der Waals surface area (Å²) in [6, 6.07) is 5.82. The molecule has 0 saturated heterocycles. The smallest absolute Gasteiger partial charge is 0.269 e. The zero-order chi connectivity index (χ0) is 18.2. The van der Waals surface area contributed by atoms with Gasteiger partial charge < -0.3 is 5.32 Å². The molecule has 2 aromatic rings. The van der Waals surface area contributed by atoms with Crippen molar-refractivity contribution in [3.63, 3.8) is 0 Å². The average Bonchev–Trinajstić information content (AvgIpc) is 2.57. The van der Waals surface area contributed by atoms with Gasteiger partial charge in [-0.2, -0.15) is 0 Å². The van der Waals surface area contributed by atoms with E-state index in [1.807, 2.05) is 0 Å². The summed E-state index contributed by atoms with van der Waals surface area (Å²) < 4.78 is 0. The third-order valence-electron chi connectivity index (χ3n) is 2.98. The Morgan fingerprint density at radius 1 is 1.16 bits per heavy atom. The minimum Gasteiger partial charge on any atom is -0.325 e. The Bertz CT molecular complexity index is 785. The Morgan fingerprint density at radius 3 is 2.40 bits per heavy atom. The van der Waals surface area contributed by atoms with Crippen LogP contribution in [0.15, 0.2) is 36.7 Å². The number of nitro benzene ring substituents is 1. The van der Waals surface area contributed by atoms with E-state index in [1.165, 1.54) is 30.6 Å². The number of nitrogens with zero attached hydrogens (tertiary/aromatic N) is 3. The zero-order valence-electron chi connectivity index (χ0n) is 13.3. The molecule has 0 aliphatic carbocycles. The van der Waals surface area contributed by atoms with Crippen molar-refractivity contribution in [2.45, 2.75) is 6.92 Å². The third kappa shape index (κ3) is 5.84. The number of hydrogen-bond donors (Lipinski definition) is 2. The van der Waals surface area contributed by atoms with Crippen molar-refractivity contribution in [1.29, 1.82) is 0 Å². The van der Waals surface area contributed by atoms with Gasteiger partial charge in [-0.3, -0.25) is 25.0 Å². The molecular weight excluding hydrogens is 346 g/mol. The molecule has 0 saturated carbocycles. The van der Waals surface area contributed by atoms with Gasteiger partial charge in [0, 0.05) is 30.2 Å². The normalized spacial score (nSPS) is 10.1. The summed E-state index contributed by atoms with van der Waals surface area (Å²) >= 11 is 1.13. The molecule has 2 amide bonds. The predicted molar refractivity (Wildman–Crippen MR) is 94.4 cm³/mol. The van der Waals surface area contributed by atoms with E-state index in [9.17, 15) is 19.7 Å². The standard InChI is InChI=1S/C15H15N5O4S/c1-10-7-11(20(23)24)3-4-12(10)18-13(21)8-25-9-14(22)19-15-16-5-2-6-17-15/h2-7H,8-9H2,1H3,(H,18,21)(H,16,17,19,22). The Morgan fingerprint density at radius 2 is 1.80 bits per heavy atom. The van der Waals surface area contributed by atoms with E-state index in [0.29, 0.717) is 11.3 Å². The average molecular weight is 361 g/mol. The van der Waals surface area contributed by atoms with E-state index in [2.05, 4.69) is 20.6 Å². The molecule has 0 aliphatic rings. The van der Waals surface area contributed by atoms with Gasteiger partial charge in [-0.05, 0) is 24.6 Å².